The number of nitrogens with zero attached hydrogens (tertiary/aromatic N) is 2. The van der Waals surface area contributed by atoms with Crippen LogP contribution in [0.5, 0.6) is 0 Å². The van der Waals surface area contributed by atoms with E-state index in [-0.39, 0.29) is 5.95 Å². The summed E-state index contributed by atoms with van der Waals surface area (Å²) in [6.07, 6.45) is 1.47. The molecule has 0 aliphatic rings. The van der Waals surface area contributed by atoms with Crippen molar-refractivity contribution in [3.05, 3.63) is 46.1 Å². The Kier molecular flexibility index (Phi) is 3.66. The number of halogens is 2. The molecule has 2 aromatic rings. The van der Waals surface area contributed by atoms with Crippen molar-refractivity contribution in [3.63, 3.8) is 0 Å². The molecule has 1 aromatic carbocycles. The fourth-order valence-electron chi connectivity index (χ4n) is 1.29. The summed E-state index contributed by atoms with van der Waals surface area (Å²) in [6.45, 7) is 0.591. The Labute approximate surface area is 109 Å². The first-order chi connectivity index (χ1) is 8.15. The van der Waals surface area contributed by atoms with E-state index in [9.17, 15) is 0 Å². The van der Waals surface area contributed by atoms with Crippen LogP contribution in [0.3, 0.4) is 0 Å². The van der Waals surface area contributed by atoms with Crippen molar-refractivity contribution >= 4 is 35.0 Å². The zero-order valence-corrected chi connectivity index (χ0v) is 10.3. The minimum atomic E-state index is 0.188. The van der Waals surface area contributed by atoms with Gasteiger partial charge in [-0.1, -0.05) is 35.3 Å². The summed E-state index contributed by atoms with van der Waals surface area (Å²) >= 11 is 11.7. The first-order valence-electron chi connectivity index (χ1n) is 4.91. The number of nitrogens with one attached hydrogen (secondary N) is 1. The highest BCUT2D eigenvalue weighted by atomic mass is 35.5. The van der Waals surface area contributed by atoms with Crippen LogP contribution < -0.4 is 11.1 Å². The molecule has 0 atom stereocenters. The van der Waals surface area contributed by atoms with E-state index in [1.807, 2.05) is 24.3 Å². The molecule has 4 nitrogen and oxygen atoms in total. The maximum atomic E-state index is 5.92. The van der Waals surface area contributed by atoms with E-state index < -0.39 is 0 Å². The molecule has 0 aliphatic heterocycles. The van der Waals surface area contributed by atoms with Gasteiger partial charge in [0.15, 0.2) is 5.82 Å². The van der Waals surface area contributed by atoms with Crippen molar-refractivity contribution in [3.8, 4) is 0 Å². The van der Waals surface area contributed by atoms with Gasteiger partial charge in [0.1, 0.15) is 5.02 Å². The van der Waals surface area contributed by atoms with Gasteiger partial charge < -0.3 is 11.1 Å². The van der Waals surface area contributed by atoms with E-state index in [1.54, 1.807) is 0 Å². The molecule has 1 aromatic heterocycles. The van der Waals surface area contributed by atoms with E-state index in [2.05, 4.69) is 15.3 Å². The second kappa shape index (κ2) is 5.21. The standard InChI is InChI=1S/C11H10Cl2N4/c12-8-3-1-7(2-4-8)5-15-10-9(13)6-16-11(14)17-10/h1-4,6H,5H2,(H3,14,15,16,17). The lowest BCUT2D eigenvalue weighted by molar-refractivity contribution is 1.09. The van der Waals surface area contributed by atoms with Crippen molar-refractivity contribution in [1.29, 1.82) is 0 Å². The molecule has 17 heavy (non-hydrogen) atoms. The van der Waals surface area contributed by atoms with E-state index in [4.69, 9.17) is 28.9 Å². The second-order valence-corrected chi connectivity index (χ2v) is 4.25. The zero-order valence-electron chi connectivity index (χ0n) is 8.82. The molecule has 0 fully saturated rings. The third-order valence-electron chi connectivity index (χ3n) is 2.14. The van der Waals surface area contributed by atoms with Crippen LogP contribution in [0.1, 0.15) is 5.56 Å². The van der Waals surface area contributed by atoms with Crippen LogP contribution in [-0.2, 0) is 6.54 Å². The average molecular weight is 269 g/mol. The van der Waals surface area contributed by atoms with E-state index in [1.165, 1.54) is 6.20 Å². The van der Waals surface area contributed by atoms with Gasteiger partial charge in [0.2, 0.25) is 5.95 Å². The minimum absolute atomic E-state index is 0.188. The van der Waals surface area contributed by atoms with Gasteiger partial charge in [-0.3, -0.25) is 0 Å². The summed E-state index contributed by atoms with van der Waals surface area (Å²) in [4.78, 5) is 7.79. The van der Waals surface area contributed by atoms with Crippen molar-refractivity contribution in [2.45, 2.75) is 6.54 Å². The number of nitrogen functional groups attached to an aromatic ring is 1. The van der Waals surface area contributed by atoms with E-state index in [0.717, 1.165) is 5.56 Å². The molecule has 0 aliphatic carbocycles. The Morgan fingerprint density at radius 2 is 1.88 bits per heavy atom. The molecule has 0 saturated carbocycles. The molecule has 0 amide bonds. The molecule has 3 N–H and O–H groups in total. The monoisotopic (exact) mass is 268 g/mol. The molecule has 2 rings (SSSR count). The zero-order chi connectivity index (χ0) is 12.3. The second-order valence-electron chi connectivity index (χ2n) is 3.40. The fraction of sp³-hybridized carbons (Fsp3) is 0.0909. The Morgan fingerprint density at radius 3 is 2.59 bits per heavy atom. The molecular formula is C11H10Cl2N4. The average Bonchev–Trinajstić information content (AvgIpc) is 2.32. The van der Waals surface area contributed by atoms with Crippen molar-refractivity contribution in [1.82, 2.24) is 9.97 Å². The van der Waals surface area contributed by atoms with Crippen molar-refractivity contribution in [2.75, 3.05) is 11.1 Å². The Bertz CT molecular complexity index is 513. The van der Waals surface area contributed by atoms with Gasteiger partial charge in [0.05, 0.1) is 6.20 Å². The summed E-state index contributed by atoms with van der Waals surface area (Å²) in [7, 11) is 0. The van der Waals surface area contributed by atoms with Crippen LogP contribution in [-0.4, -0.2) is 9.97 Å². The van der Waals surface area contributed by atoms with Crippen LogP contribution in [0.25, 0.3) is 0 Å². The minimum Gasteiger partial charge on any atom is -0.368 e. The third-order valence-corrected chi connectivity index (χ3v) is 2.66. The lowest BCUT2D eigenvalue weighted by Crippen LogP contribution is -2.04. The number of rotatable bonds is 3. The van der Waals surface area contributed by atoms with Crippen molar-refractivity contribution < 1.29 is 0 Å². The van der Waals surface area contributed by atoms with Crippen LogP contribution in [0.2, 0.25) is 10.0 Å². The normalized spacial score (nSPS) is 10.2. The molecule has 0 unspecified atom stereocenters. The van der Waals surface area contributed by atoms with Gasteiger partial charge in [-0.15, -0.1) is 0 Å². The highest BCUT2D eigenvalue weighted by Gasteiger charge is 2.03. The smallest absolute Gasteiger partial charge is 0.222 e. The largest absolute Gasteiger partial charge is 0.368 e. The van der Waals surface area contributed by atoms with Gasteiger partial charge in [-0.25, -0.2) is 4.98 Å². The number of nitrogens with two attached hydrogens (primary N) is 1. The molecule has 0 saturated heterocycles. The van der Waals surface area contributed by atoms with E-state index in [0.29, 0.717) is 22.4 Å². The predicted octanol–water partition coefficient (Wildman–Crippen LogP) is 2.98. The lowest BCUT2D eigenvalue weighted by Gasteiger charge is -2.07. The highest BCUT2D eigenvalue weighted by molar-refractivity contribution is 6.32. The van der Waals surface area contributed by atoms with Crippen molar-refractivity contribution in [2.24, 2.45) is 0 Å². The molecule has 1 heterocycles. The highest BCUT2D eigenvalue weighted by Crippen LogP contribution is 2.19. The van der Waals surface area contributed by atoms with Gasteiger partial charge in [-0.05, 0) is 17.7 Å². The Balaban J connectivity index is 2.07. The maximum Gasteiger partial charge on any atom is 0.222 e. The molecule has 88 valence electrons. The first kappa shape index (κ1) is 12.0. The number of aromatic nitrogens is 2. The summed E-state index contributed by atoms with van der Waals surface area (Å²) in [5.74, 6) is 0.710. The lowest BCUT2D eigenvalue weighted by atomic mass is 10.2. The van der Waals surface area contributed by atoms with Gasteiger partial charge in [-0.2, -0.15) is 4.98 Å². The van der Waals surface area contributed by atoms with Crippen LogP contribution >= 0.6 is 23.2 Å². The Morgan fingerprint density at radius 1 is 1.18 bits per heavy atom. The Hall–Kier alpha value is -1.52. The SMILES string of the molecule is Nc1ncc(Cl)c(NCc2ccc(Cl)cc2)n1. The first-order valence-corrected chi connectivity index (χ1v) is 5.67. The van der Waals surface area contributed by atoms with E-state index >= 15 is 0 Å². The van der Waals surface area contributed by atoms with Gasteiger partial charge in [0, 0.05) is 11.6 Å². The maximum absolute atomic E-state index is 5.92. The summed E-state index contributed by atoms with van der Waals surface area (Å²) in [5.41, 5.74) is 6.55. The van der Waals surface area contributed by atoms with Crippen LogP contribution in [0.4, 0.5) is 11.8 Å². The van der Waals surface area contributed by atoms with Crippen LogP contribution in [0.15, 0.2) is 30.5 Å². The van der Waals surface area contributed by atoms with Gasteiger partial charge >= 0.3 is 0 Å². The molecule has 6 heteroatoms. The quantitative estimate of drug-likeness (QED) is 0.899. The molecule has 0 radical (unpaired) electrons. The summed E-state index contributed by atoms with van der Waals surface area (Å²) < 4.78 is 0. The summed E-state index contributed by atoms with van der Waals surface area (Å²) in [5, 5.41) is 4.23. The van der Waals surface area contributed by atoms with Crippen LogP contribution in [0, 0.1) is 0 Å². The molecule has 0 bridgehead atoms. The summed E-state index contributed by atoms with van der Waals surface area (Å²) in [6, 6.07) is 7.50. The topological polar surface area (TPSA) is 63.8 Å². The number of anilines is 2. The molecular weight excluding hydrogens is 259 g/mol. The fourth-order valence-corrected chi connectivity index (χ4v) is 1.58. The third kappa shape index (κ3) is 3.22. The molecule has 0 spiro atoms. The predicted molar refractivity (Wildman–Crippen MR) is 70.2 cm³/mol. The number of benzene rings is 1. The number of hydrogen-bond acceptors (Lipinski definition) is 4. The van der Waals surface area contributed by atoms with Gasteiger partial charge in [0.25, 0.3) is 0 Å². The number of hydrogen-bond donors (Lipinski definition) is 2.